The molecule has 1 amide bonds. The second-order valence-corrected chi connectivity index (χ2v) is 6.37. The first-order chi connectivity index (χ1) is 9.55. The number of hydrogen-bond donors (Lipinski definition) is 3. The molecule has 1 aliphatic carbocycles. The predicted molar refractivity (Wildman–Crippen MR) is 77.4 cm³/mol. The molecule has 6 nitrogen and oxygen atoms in total. The summed E-state index contributed by atoms with van der Waals surface area (Å²) in [5.41, 5.74) is 0.639. The Bertz CT molecular complexity index is 539. The molecule has 3 N–H and O–H groups in total. The van der Waals surface area contributed by atoms with Gasteiger partial charge in [0.15, 0.2) is 0 Å². The summed E-state index contributed by atoms with van der Waals surface area (Å²) in [6.45, 7) is -0.281. The van der Waals surface area contributed by atoms with Gasteiger partial charge in [-0.3, -0.25) is 4.79 Å². The summed E-state index contributed by atoms with van der Waals surface area (Å²) in [5.74, 6) is -0.395. The highest BCUT2D eigenvalue weighted by Crippen LogP contribution is 2.17. The quantitative estimate of drug-likeness (QED) is 0.732. The van der Waals surface area contributed by atoms with Gasteiger partial charge in [0.2, 0.25) is 5.91 Å². The van der Waals surface area contributed by atoms with E-state index in [9.17, 15) is 13.2 Å². The van der Waals surface area contributed by atoms with Crippen molar-refractivity contribution in [3.63, 3.8) is 0 Å². The van der Waals surface area contributed by atoms with E-state index in [2.05, 4.69) is 14.8 Å². The Morgan fingerprint density at radius 3 is 2.45 bits per heavy atom. The third kappa shape index (κ3) is 4.92. The molecular weight excluding hydrogens is 278 g/mol. The van der Waals surface area contributed by atoms with Crippen molar-refractivity contribution in [1.29, 1.82) is 0 Å². The Hall–Kier alpha value is -1.44. The van der Waals surface area contributed by atoms with E-state index >= 15 is 0 Å². The lowest BCUT2D eigenvalue weighted by molar-refractivity contribution is -0.115. The maximum atomic E-state index is 11.7. The van der Waals surface area contributed by atoms with E-state index in [1.165, 1.54) is 0 Å². The van der Waals surface area contributed by atoms with Crippen LogP contribution in [0.3, 0.4) is 0 Å². The Kier molecular flexibility index (Phi) is 5.11. The molecule has 0 saturated heterocycles. The lowest BCUT2D eigenvalue weighted by atomic mass is 10.3. The fourth-order valence-electron chi connectivity index (χ4n) is 2.19. The number of para-hydroxylation sites is 1. The number of rotatable bonds is 6. The zero-order valence-corrected chi connectivity index (χ0v) is 11.9. The van der Waals surface area contributed by atoms with Crippen molar-refractivity contribution in [2.45, 2.75) is 31.7 Å². The Morgan fingerprint density at radius 2 is 1.80 bits per heavy atom. The van der Waals surface area contributed by atoms with Crippen molar-refractivity contribution in [3.05, 3.63) is 30.3 Å². The molecule has 0 atom stereocenters. The maximum absolute atomic E-state index is 11.7. The third-order valence-electron chi connectivity index (χ3n) is 3.16. The van der Waals surface area contributed by atoms with E-state index in [0.29, 0.717) is 5.69 Å². The largest absolute Gasteiger partial charge is 0.325 e. The van der Waals surface area contributed by atoms with Crippen molar-refractivity contribution in [2.75, 3.05) is 11.9 Å². The van der Waals surface area contributed by atoms with Gasteiger partial charge >= 0.3 is 0 Å². The number of amides is 1. The van der Waals surface area contributed by atoms with E-state index in [4.69, 9.17) is 0 Å². The monoisotopic (exact) mass is 297 g/mol. The van der Waals surface area contributed by atoms with Crippen molar-refractivity contribution < 1.29 is 13.2 Å². The number of anilines is 1. The van der Waals surface area contributed by atoms with Gasteiger partial charge in [-0.2, -0.15) is 17.9 Å². The SMILES string of the molecule is O=C(CNS(=O)(=O)NC1CCCC1)Nc1ccccc1. The lowest BCUT2D eigenvalue weighted by Gasteiger charge is -2.13. The first-order valence-electron chi connectivity index (χ1n) is 6.67. The molecule has 1 aromatic carbocycles. The van der Waals surface area contributed by atoms with Gasteiger partial charge in [-0.15, -0.1) is 0 Å². The number of carbonyl (C=O) groups excluding carboxylic acids is 1. The van der Waals surface area contributed by atoms with Crippen LogP contribution in [0.5, 0.6) is 0 Å². The van der Waals surface area contributed by atoms with Crippen molar-refractivity contribution >= 4 is 21.8 Å². The molecule has 1 saturated carbocycles. The van der Waals surface area contributed by atoms with Crippen LogP contribution < -0.4 is 14.8 Å². The molecule has 0 heterocycles. The average Bonchev–Trinajstić information content (AvgIpc) is 2.90. The fourth-order valence-corrected chi connectivity index (χ4v) is 3.27. The van der Waals surface area contributed by atoms with Crippen LogP contribution in [0.1, 0.15) is 25.7 Å². The van der Waals surface area contributed by atoms with Crippen LogP contribution >= 0.6 is 0 Å². The molecule has 1 fully saturated rings. The van der Waals surface area contributed by atoms with Crippen LogP contribution in [0.2, 0.25) is 0 Å². The molecule has 0 radical (unpaired) electrons. The zero-order chi connectivity index (χ0) is 14.4. The summed E-state index contributed by atoms with van der Waals surface area (Å²) < 4.78 is 28.3. The van der Waals surface area contributed by atoms with Gasteiger partial charge in [0, 0.05) is 11.7 Å². The van der Waals surface area contributed by atoms with E-state index < -0.39 is 16.1 Å². The molecule has 0 aromatic heterocycles. The number of benzene rings is 1. The van der Waals surface area contributed by atoms with E-state index in [-0.39, 0.29) is 12.6 Å². The highest BCUT2D eigenvalue weighted by molar-refractivity contribution is 7.87. The summed E-state index contributed by atoms with van der Waals surface area (Å²) in [7, 11) is -3.61. The van der Waals surface area contributed by atoms with Crippen LogP contribution in [0.4, 0.5) is 5.69 Å². The molecule has 2 rings (SSSR count). The van der Waals surface area contributed by atoms with Crippen LogP contribution in [0.15, 0.2) is 30.3 Å². The van der Waals surface area contributed by atoms with Crippen molar-refractivity contribution in [3.8, 4) is 0 Å². The standard InChI is InChI=1S/C13H19N3O3S/c17-13(15-11-6-2-1-3-7-11)10-14-20(18,19)16-12-8-4-5-9-12/h1-3,6-7,12,14,16H,4-5,8-10H2,(H,15,17). The molecule has 0 bridgehead atoms. The number of hydrogen-bond acceptors (Lipinski definition) is 3. The van der Waals surface area contributed by atoms with Gasteiger partial charge in [0.1, 0.15) is 0 Å². The van der Waals surface area contributed by atoms with E-state index in [1.807, 2.05) is 6.07 Å². The molecule has 20 heavy (non-hydrogen) atoms. The summed E-state index contributed by atoms with van der Waals surface area (Å²) in [5, 5.41) is 2.61. The molecule has 1 aliphatic rings. The van der Waals surface area contributed by atoms with Crippen LogP contribution in [0, 0.1) is 0 Å². The second kappa shape index (κ2) is 6.83. The maximum Gasteiger partial charge on any atom is 0.277 e. The normalized spacial score (nSPS) is 16.2. The average molecular weight is 297 g/mol. The smallest absolute Gasteiger partial charge is 0.277 e. The summed E-state index contributed by atoms with van der Waals surface area (Å²) in [6.07, 6.45) is 3.80. The molecule has 1 aromatic rings. The zero-order valence-electron chi connectivity index (χ0n) is 11.1. The summed E-state index contributed by atoms with van der Waals surface area (Å²) >= 11 is 0. The Morgan fingerprint density at radius 1 is 1.15 bits per heavy atom. The first kappa shape index (κ1) is 15.0. The van der Waals surface area contributed by atoms with Gasteiger partial charge in [-0.25, -0.2) is 0 Å². The van der Waals surface area contributed by atoms with Crippen LogP contribution in [-0.2, 0) is 15.0 Å². The topological polar surface area (TPSA) is 87.3 Å². The summed E-state index contributed by atoms with van der Waals surface area (Å²) in [6, 6.07) is 8.89. The number of nitrogens with one attached hydrogen (secondary N) is 3. The molecule has 0 unspecified atom stereocenters. The van der Waals surface area contributed by atoms with Crippen molar-refractivity contribution in [1.82, 2.24) is 9.44 Å². The Labute approximate surface area is 119 Å². The van der Waals surface area contributed by atoms with Crippen molar-refractivity contribution in [2.24, 2.45) is 0 Å². The lowest BCUT2D eigenvalue weighted by Crippen LogP contribution is -2.44. The highest BCUT2D eigenvalue weighted by Gasteiger charge is 2.21. The van der Waals surface area contributed by atoms with Gasteiger partial charge in [-0.1, -0.05) is 31.0 Å². The van der Waals surface area contributed by atoms with Gasteiger partial charge in [0.05, 0.1) is 6.54 Å². The first-order valence-corrected chi connectivity index (χ1v) is 8.15. The Balaban J connectivity index is 1.77. The summed E-state index contributed by atoms with van der Waals surface area (Å²) in [4.78, 5) is 11.6. The minimum atomic E-state index is -3.61. The fraction of sp³-hybridized carbons (Fsp3) is 0.462. The van der Waals surface area contributed by atoms with Crippen LogP contribution in [0.25, 0.3) is 0 Å². The molecular formula is C13H19N3O3S. The molecule has 0 spiro atoms. The molecule has 0 aliphatic heterocycles. The van der Waals surface area contributed by atoms with Gasteiger partial charge in [-0.05, 0) is 25.0 Å². The highest BCUT2D eigenvalue weighted by atomic mass is 32.2. The van der Waals surface area contributed by atoms with E-state index in [1.54, 1.807) is 24.3 Å². The molecule has 110 valence electrons. The van der Waals surface area contributed by atoms with Crippen LogP contribution in [-0.4, -0.2) is 26.9 Å². The molecule has 7 heteroatoms. The predicted octanol–water partition coefficient (Wildman–Crippen LogP) is 0.992. The minimum Gasteiger partial charge on any atom is -0.325 e. The number of carbonyl (C=O) groups is 1. The van der Waals surface area contributed by atoms with Gasteiger partial charge < -0.3 is 5.32 Å². The van der Waals surface area contributed by atoms with Gasteiger partial charge in [0.25, 0.3) is 10.2 Å². The minimum absolute atomic E-state index is 0.00955. The second-order valence-electron chi connectivity index (χ2n) is 4.84. The third-order valence-corrected chi connectivity index (χ3v) is 4.33. The van der Waals surface area contributed by atoms with E-state index in [0.717, 1.165) is 25.7 Å².